The normalized spacial score (nSPS) is 9.31. The van der Waals surface area contributed by atoms with E-state index in [9.17, 15) is 0 Å². The van der Waals surface area contributed by atoms with E-state index in [4.69, 9.17) is 27.3 Å². The van der Waals surface area contributed by atoms with E-state index in [2.05, 4.69) is 0 Å². The molecule has 0 atom stereocenters. The van der Waals surface area contributed by atoms with Gasteiger partial charge in [0.25, 0.3) is 0 Å². The molecule has 0 spiro atoms. The number of benzene rings is 1. The number of hydrogen-bond donors (Lipinski definition) is 1. The lowest BCUT2D eigenvalue weighted by atomic mass is 10.2. The van der Waals surface area contributed by atoms with Gasteiger partial charge in [0, 0.05) is 6.54 Å². The standard InChI is InChI=1S/C9H9ClN2O/c10-8-2-1-7(6-12)5-9(8)13-4-3-11/h1-2,5H,3-4,11H2. The summed E-state index contributed by atoms with van der Waals surface area (Å²) in [5.41, 5.74) is 5.79. The van der Waals surface area contributed by atoms with Gasteiger partial charge in [-0.2, -0.15) is 5.26 Å². The molecule has 0 fully saturated rings. The van der Waals surface area contributed by atoms with Gasteiger partial charge in [-0.15, -0.1) is 0 Å². The smallest absolute Gasteiger partial charge is 0.139 e. The van der Waals surface area contributed by atoms with Crippen LogP contribution < -0.4 is 10.5 Å². The SMILES string of the molecule is N#Cc1ccc(Cl)c(OCCN)c1. The van der Waals surface area contributed by atoms with Gasteiger partial charge in [0.1, 0.15) is 12.4 Å². The first-order valence-corrected chi connectivity index (χ1v) is 4.18. The quantitative estimate of drug-likeness (QED) is 0.798. The van der Waals surface area contributed by atoms with Crippen LogP contribution in [0.2, 0.25) is 5.02 Å². The minimum absolute atomic E-state index is 0.397. The highest BCUT2D eigenvalue weighted by atomic mass is 35.5. The molecule has 0 amide bonds. The third kappa shape index (κ3) is 2.62. The summed E-state index contributed by atoms with van der Waals surface area (Å²) in [5.74, 6) is 0.506. The highest BCUT2D eigenvalue weighted by molar-refractivity contribution is 6.32. The molecule has 0 bridgehead atoms. The molecule has 1 aromatic rings. The van der Waals surface area contributed by atoms with Crippen LogP contribution in [0.15, 0.2) is 18.2 Å². The monoisotopic (exact) mass is 196 g/mol. The molecule has 1 aromatic carbocycles. The number of nitrogens with two attached hydrogens (primary N) is 1. The van der Waals surface area contributed by atoms with Gasteiger partial charge in [-0.3, -0.25) is 0 Å². The molecule has 0 saturated heterocycles. The van der Waals surface area contributed by atoms with Gasteiger partial charge < -0.3 is 10.5 Å². The molecule has 0 heterocycles. The Labute approximate surface area is 81.7 Å². The summed E-state index contributed by atoms with van der Waals surface area (Å²) in [6, 6.07) is 6.86. The maximum absolute atomic E-state index is 8.61. The molecule has 0 aliphatic heterocycles. The Morgan fingerprint density at radius 3 is 2.92 bits per heavy atom. The summed E-state index contributed by atoms with van der Waals surface area (Å²) in [6.07, 6.45) is 0. The van der Waals surface area contributed by atoms with Gasteiger partial charge in [-0.05, 0) is 18.2 Å². The van der Waals surface area contributed by atoms with E-state index >= 15 is 0 Å². The van der Waals surface area contributed by atoms with E-state index in [1.54, 1.807) is 18.2 Å². The zero-order valence-corrected chi connectivity index (χ0v) is 7.71. The summed E-state index contributed by atoms with van der Waals surface area (Å²) >= 11 is 5.81. The summed E-state index contributed by atoms with van der Waals surface area (Å²) in [7, 11) is 0. The van der Waals surface area contributed by atoms with Gasteiger partial charge >= 0.3 is 0 Å². The van der Waals surface area contributed by atoms with E-state index < -0.39 is 0 Å². The van der Waals surface area contributed by atoms with Crippen LogP contribution in [-0.2, 0) is 0 Å². The van der Waals surface area contributed by atoms with Gasteiger partial charge in [-0.1, -0.05) is 11.6 Å². The van der Waals surface area contributed by atoms with Crippen molar-refractivity contribution in [3.05, 3.63) is 28.8 Å². The maximum atomic E-state index is 8.61. The predicted molar refractivity (Wildman–Crippen MR) is 50.7 cm³/mol. The minimum Gasteiger partial charge on any atom is -0.491 e. The van der Waals surface area contributed by atoms with Crippen molar-refractivity contribution in [1.29, 1.82) is 5.26 Å². The summed E-state index contributed by atoms with van der Waals surface area (Å²) in [5, 5.41) is 9.10. The summed E-state index contributed by atoms with van der Waals surface area (Å²) in [4.78, 5) is 0. The van der Waals surface area contributed by atoms with E-state index in [-0.39, 0.29) is 0 Å². The average Bonchev–Trinajstić information content (AvgIpc) is 2.17. The highest BCUT2D eigenvalue weighted by Crippen LogP contribution is 2.24. The van der Waals surface area contributed by atoms with Crippen molar-refractivity contribution in [2.45, 2.75) is 0 Å². The fourth-order valence-electron chi connectivity index (χ4n) is 0.852. The average molecular weight is 197 g/mol. The Kier molecular flexibility index (Phi) is 3.56. The first-order valence-electron chi connectivity index (χ1n) is 3.80. The Morgan fingerprint density at radius 2 is 2.31 bits per heavy atom. The summed E-state index contributed by atoms with van der Waals surface area (Å²) < 4.78 is 5.22. The lowest BCUT2D eigenvalue weighted by Crippen LogP contribution is -2.10. The Hall–Kier alpha value is -1.24. The number of rotatable bonds is 3. The number of nitriles is 1. The van der Waals surface area contributed by atoms with Crippen LogP contribution in [0.1, 0.15) is 5.56 Å². The fraction of sp³-hybridized carbons (Fsp3) is 0.222. The van der Waals surface area contributed by atoms with Crippen molar-refractivity contribution in [1.82, 2.24) is 0 Å². The highest BCUT2D eigenvalue weighted by Gasteiger charge is 2.01. The van der Waals surface area contributed by atoms with Crippen molar-refractivity contribution in [2.24, 2.45) is 5.73 Å². The predicted octanol–water partition coefficient (Wildman–Crippen LogP) is 1.55. The third-order valence-electron chi connectivity index (χ3n) is 1.44. The maximum Gasteiger partial charge on any atom is 0.139 e. The van der Waals surface area contributed by atoms with Crippen LogP contribution in [-0.4, -0.2) is 13.2 Å². The first kappa shape index (κ1) is 9.85. The van der Waals surface area contributed by atoms with Crippen LogP contribution >= 0.6 is 11.6 Å². The van der Waals surface area contributed by atoms with Crippen molar-refractivity contribution in [3.63, 3.8) is 0 Å². The van der Waals surface area contributed by atoms with Gasteiger partial charge in [0.05, 0.1) is 16.7 Å². The van der Waals surface area contributed by atoms with E-state index in [1.165, 1.54) is 0 Å². The van der Waals surface area contributed by atoms with Gasteiger partial charge in [0.2, 0.25) is 0 Å². The molecule has 4 heteroatoms. The van der Waals surface area contributed by atoms with Crippen LogP contribution in [0.5, 0.6) is 5.75 Å². The molecule has 68 valence electrons. The van der Waals surface area contributed by atoms with Gasteiger partial charge in [-0.25, -0.2) is 0 Å². The second-order valence-corrected chi connectivity index (χ2v) is 2.80. The molecule has 1 rings (SSSR count). The van der Waals surface area contributed by atoms with E-state index in [0.29, 0.717) is 29.5 Å². The van der Waals surface area contributed by atoms with Crippen LogP contribution in [0.3, 0.4) is 0 Å². The lowest BCUT2D eigenvalue weighted by molar-refractivity contribution is 0.328. The zero-order chi connectivity index (χ0) is 9.68. The molecule has 0 aliphatic carbocycles. The number of nitrogens with zero attached hydrogens (tertiary/aromatic N) is 1. The number of ether oxygens (including phenoxy) is 1. The number of halogens is 1. The zero-order valence-electron chi connectivity index (χ0n) is 6.96. The van der Waals surface area contributed by atoms with Crippen molar-refractivity contribution >= 4 is 11.6 Å². The van der Waals surface area contributed by atoms with Crippen LogP contribution in [0.4, 0.5) is 0 Å². The largest absolute Gasteiger partial charge is 0.491 e. The molecule has 13 heavy (non-hydrogen) atoms. The van der Waals surface area contributed by atoms with Crippen LogP contribution in [0, 0.1) is 11.3 Å². The van der Waals surface area contributed by atoms with E-state index in [1.807, 2.05) is 6.07 Å². The second kappa shape index (κ2) is 4.70. The molecular weight excluding hydrogens is 188 g/mol. The minimum atomic E-state index is 0.397. The second-order valence-electron chi connectivity index (χ2n) is 2.39. The summed E-state index contributed by atoms with van der Waals surface area (Å²) in [6.45, 7) is 0.821. The van der Waals surface area contributed by atoms with Crippen molar-refractivity contribution in [2.75, 3.05) is 13.2 Å². The first-order chi connectivity index (χ1) is 6.27. The van der Waals surface area contributed by atoms with Crippen molar-refractivity contribution < 1.29 is 4.74 Å². The van der Waals surface area contributed by atoms with Crippen molar-refractivity contribution in [3.8, 4) is 11.8 Å². The molecule has 0 aliphatic rings. The Bertz CT molecular complexity index is 333. The van der Waals surface area contributed by atoms with E-state index in [0.717, 1.165) is 0 Å². The molecular formula is C9H9ClN2O. The molecule has 0 saturated carbocycles. The third-order valence-corrected chi connectivity index (χ3v) is 1.75. The molecule has 2 N–H and O–H groups in total. The topological polar surface area (TPSA) is 59.0 Å². The molecule has 0 aromatic heterocycles. The molecule has 3 nitrogen and oxygen atoms in total. The fourth-order valence-corrected chi connectivity index (χ4v) is 1.02. The number of hydrogen-bond acceptors (Lipinski definition) is 3. The van der Waals surface area contributed by atoms with Gasteiger partial charge in [0.15, 0.2) is 0 Å². The Balaban J connectivity index is 2.85. The molecule has 0 unspecified atom stereocenters. The Morgan fingerprint density at radius 1 is 1.54 bits per heavy atom. The van der Waals surface area contributed by atoms with Crippen LogP contribution in [0.25, 0.3) is 0 Å². The molecule has 0 radical (unpaired) electrons. The lowest BCUT2D eigenvalue weighted by Gasteiger charge is -2.05.